The van der Waals surface area contributed by atoms with E-state index in [1.807, 2.05) is 41.3 Å². The fourth-order valence-electron chi connectivity index (χ4n) is 4.05. The molecular formula is C24H32ClN3O. The predicted molar refractivity (Wildman–Crippen MR) is 122 cm³/mol. The zero-order valence-corrected chi connectivity index (χ0v) is 18.5. The molecule has 5 heteroatoms. The Hall–Kier alpha value is -2.04. The molecule has 0 bridgehead atoms. The number of carbonyl (C=O) groups is 1. The van der Waals surface area contributed by atoms with Crippen molar-refractivity contribution in [2.24, 2.45) is 0 Å². The Bertz CT molecular complexity index is 835. The van der Waals surface area contributed by atoms with Crippen molar-refractivity contribution in [2.45, 2.75) is 39.7 Å². The number of hydrogen-bond acceptors (Lipinski definition) is 3. The molecule has 4 nitrogen and oxygen atoms in total. The molecule has 3 rings (SSSR count). The molecule has 2 aromatic carbocycles. The fourth-order valence-corrected chi connectivity index (χ4v) is 4.23. The van der Waals surface area contributed by atoms with Gasteiger partial charge in [-0.1, -0.05) is 57.0 Å². The first-order chi connectivity index (χ1) is 14.1. The molecule has 0 aromatic heterocycles. The highest BCUT2D eigenvalue weighted by Gasteiger charge is 2.38. The molecule has 0 radical (unpaired) electrons. The third-order valence-electron chi connectivity index (χ3n) is 5.76. The number of benzene rings is 2. The van der Waals surface area contributed by atoms with Crippen molar-refractivity contribution < 1.29 is 4.79 Å². The van der Waals surface area contributed by atoms with Crippen molar-refractivity contribution in [3.05, 3.63) is 64.2 Å². The number of nitrogens with one attached hydrogen (secondary N) is 1. The number of anilines is 1. The summed E-state index contributed by atoms with van der Waals surface area (Å²) in [6.45, 7) is 10.9. The molecular weight excluding hydrogens is 382 g/mol. The van der Waals surface area contributed by atoms with Crippen LogP contribution in [0.2, 0.25) is 5.02 Å². The molecule has 29 heavy (non-hydrogen) atoms. The van der Waals surface area contributed by atoms with Crippen LogP contribution in [-0.4, -0.2) is 48.4 Å². The fraction of sp³-hybridized carbons (Fsp3) is 0.458. The van der Waals surface area contributed by atoms with Crippen molar-refractivity contribution in [3.63, 3.8) is 0 Å². The minimum Gasteiger partial charge on any atom is -0.385 e. The summed E-state index contributed by atoms with van der Waals surface area (Å²) < 4.78 is 0. The Morgan fingerprint density at radius 3 is 2.55 bits per heavy atom. The summed E-state index contributed by atoms with van der Waals surface area (Å²) in [5.74, 6) is 0.109. The van der Waals surface area contributed by atoms with E-state index in [1.54, 1.807) is 0 Å². The molecule has 0 fully saturated rings. The summed E-state index contributed by atoms with van der Waals surface area (Å²) in [4.78, 5) is 17.6. The van der Waals surface area contributed by atoms with Gasteiger partial charge in [-0.05, 0) is 49.3 Å². The van der Waals surface area contributed by atoms with Gasteiger partial charge in [0, 0.05) is 41.5 Å². The highest BCUT2D eigenvalue weighted by atomic mass is 35.5. The Balaban J connectivity index is 1.99. The van der Waals surface area contributed by atoms with E-state index < -0.39 is 0 Å². The van der Waals surface area contributed by atoms with Gasteiger partial charge in [0.2, 0.25) is 0 Å². The Labute approximate surface area is 179 Å². The second kappa shape index (κ2) is 10.1. The summed E-state index contributed by atoms with van der Waals surface area (Å²) >= 11 is 6.40. The summed E-state index contributed by atoms with van der Waals surface area (Å²) in [6, 6.07) is 13.8. The van der Waals surface area contributed by atoms with Crippen LogP contribution in [0.15, 0.2) is 42.5 Å². The summed E-state index contributed by atoms with van der Waals surface area (Å²) in [6.07, 6.45) is 2.24. The van der Waals surface area contributed by atoms with Crippen molar-refractivity contribution in [1.29, 1.82) is 0 Å². The van der Waals surface area contributed by atoms with E-state index in [9.17, 15) is 4.79 Å². The third kappa shape index (κ3) is 4.76. The lowest BCUT2D eigenvalue weighted by atomic mass is 9.96. The number of halogens is 1. The van der Waals surface area contributed by atoms with Gasteiger partial charge in [0.25, 0.3) is 5.91 Å². The van der Waals surface area contributed by atoms with E-state index in [1.165, 1.54) is 0 Å². The van der Waals surface area contributed by atoms with Gasteiger partial charge in [-0.25, -0.2) is 0 Å². The Morgan fingerprint density at radius 1 is 1.07 bits per heavy atom. The molecule has 2 aromatic rings. The van der Waals surface area contributed by atoms with E-state index in [-0.39, 0.29) is 11.9 Å². The zero-order valence-electron chi connectivity index (χ0n) is 17.7. The SMILES string of the molecule is CCCCNc1ccc(Cl)cc1C1c2ccccc2C(=O)N1CCN(CC)CC. The van der Waals surface area contributed by atoms with Gasteiger partial charge in [-0.3, -0.25) is 4.79 Å². The molecule has 1 aliphatic heterocycles. The van der Waals surface area contributed by atoms with E-state index >= 15 is 0 Å². The van der Waals surface area contributed by atoms with Crippen LogP contribution in [0.4, 0.5) is 5.69 Å². The first-order valence-electron chi connectivity index (χ1n) is 10.8. The van der Waals surface area contributed by atoms with Crippen LogP contribution in [0.25, 0.3) is 0 Å². The average molecular weight is 414 g/mol. The lowest BCUT2D eigenvalue weighted by molar-refractivity contribution is 0.0730. The second-order valence-corrected chi connectivity index (χ2v) is 7.96. The third-order valence-corrected chi connectivity index (χ3v) is 6.00. The maximum absolute atomic E-state index is 13.3. The van der Waals surface area contributed by atoms with Crippen LogP contribution in [0.3, 0.4) is 0 Å². The number of carbonyl (C=O) groups excluding carboxylic acids is 1. The first-order valence-corrected chi connectivity index (χ1v) is 11.1. The molecule has 156 valence electrons. The van der Waals surface area contributed by atoms with E-state index in [0.29, 0.717) is 11.6 Å². The maximum atomic E-state index is 13.3. The second-order valence-electron chi connectivity index (χ2n) is 7.53. The largest absolute Gasteiger partial charge is 0.385 e. The predicted octanol–water partition coefficient (Wildman–Crippen LogP) is 5.44. The standard InChI is InChI=1S/C24H32ClN3O/c1-4-7-14-26-22-13-12-18(25)17-21(22)23-19-10-8-9-11-20(19)24(29)28(23)16-15-27(5-2)6-3/h8-13,17,23,26H,4-7,14-16H2,1-3H3. The van der Waals surface area contributed by atoms with Crippen LogP contribution in [-0.2, 0) is 0 Å². The van der Waals surface area contributed by atoms with Crippen LogP contribution in [0, 0.1) is 0 Å². The van der Waals surface area contributed by atoms with Crippen LogP contribution < -0.4 is 5.32 Å². The number of unbranched alkanes of at least 4 members (excludes halogenated alkanes) is 1. The van der Waals surface area contributed by atoms with E-state index in [0.717, 1.165) is 61.4 Å². The monoisotopic (exact) mass is 413 g/mol. The van der Waals surface area contributed by atoms with Gasteiger partial charge in [0.15, 0.2) is 0 Å². The lowest BCUT2D eigenvalue weighted by Gasteiger charge is -2.30. The number of amides is 1. The topological polar surface area (TPSA) is 35.6 Å². The molecule has 0 saturated heterocycles. The molecule has 1 N–H and O–H groups in total. The van der Waals surface area contributed by atoms with Crippen LogP contribution >= 0.6 is 11.6 Å². The van der Waals surface area contributed by atoms with Gasteiger partial charge in [0.05, 0.1) is 6.04 Å². The van der Waals surface area contributed by atoms with E-state index in [4.69, 9.17) is 11.6 Å². The minimum atomic E-state index is -0.114. The quantitative estimate of drug-likeness (QED) is 0.527. The maximum Gasteiger partial charge on any atom is 0.255 e. The molecule has 1 unspecified atom stereocenters. The van der Waals surface area contributed by atoms with Gasteiger partial charge < -0.3 is 15.1 Å². The molecule has 1 atom stereocenters. The Morgan fingerprint density at radius 2 is 1.83 bits per heavy atom. The van der Waals surface area contributed by atoms with Crippen molar-refractivity contribution >= 4 is 23.2 Å². The highest BCUT2D eigenvalue weighted by molar-refractivity contribution is 6.30. The minimum absolute atomic E-state index is 0.109. The van der Waals surface area contributed by atoms with Gasteiger partial charge >= 0.3 is 0 Å². The molecule has 1 aliphatic rings. The summed E-state index contributed by atoms with van der Waals surface area (Å²) in [5.41, 5.74) is 4.01. The van der Waals surface area contributed by atoms with Gasteiger partial charge in [-0.15, -0.1) is 0 Å². The number of nitrogens with zero attached hydrogens (tertiary/aromatic N) is 2. The Kier molecular flexibility index (Phi) is 7.57. The lowest BCUT2D eigenvalue weighted by Crippen LogP contribution is -2.37. The number of fused-ring (bicyclic) bond motifs is 1. The van der Waals surface area contributed by atoms with Crippen molar-refractivity contribution in [1.82, 2.24) is 9.80 Å². The van der Waals surface area contributed by atoms with Crippen LogP contribution in [0.5, 0.6) is 0 Å². The number of hydrogen-bond donors (Lipinski definition) is 1. The highest BCUT2D eigenvalue weighted by Crippen LogP contribution is 2.41. The number of likely N-dealkylation sites (N-methyl/N-ethyl adjacent to an activating group) is 1. The summed E-state index contributed by atoms with van der Waals surface area (Å²) in [7, 11) is 0. The number of rotatable bonds is 10. The zero-order chi connectivity index (χ0) is 20.8. The summed E-state index contributed by atoms with van der Waals surface area (Å²) in [5, 5.41) is 4.26. The molecule has 0 saturated carbocycles. The van der Waals surface area contributed by atoms with Crippen molar-refractivity contribution in [3.8, 4) is 0 Å². The van der Waals surface area contributed by atoms with Gasteiger partial charge in [0.1, 0.15) is 0 Å². The molecule has 0 spiro atoms. The smallest absolute Gasteiger partial charge is 0.255 e. The van der Waals surface area contributed by atoms with Crippen LogP contribution in [0.1, 0.15) is 61.1 Å². The normalized spacial score (nSPS) is 15.8. The molecule has 1 amide bonds. The van der Waals surface area contributed by atoms with Gasteiger partial charge in [-0.2, -0.15) is 0 Å². The first kappa shape index (κ1) is 21.7. The average Bonchev–Trinajstić information content (AvgIpc) is 3.02. The molecule has 0 aliphatic carbocycles. The molecule has 1 heterocycles. The van der Waals surface area contributed by atoms with E-state index in [2.05, 4.69) is 37.1 Å². The van der Waals surface area contributed by atoms with Crippen molar-refractivity contribution in [2.75, 3.05) is 38.0 Å².